The van der Waals surface area contributed by atoms with Crippen molar-refractivity contribution < 1.29 is 22.7 Å². The molecule has 10 heteroatoms. The number of hydrogen-bond acceptors (Lipinski definition) is 6. The zero-order valence-electron chi connectivity index (χ0n) is 9.99. The highest BCUT2D eigenvalue weighted by Gasteiger charge is 2.20. The summed E-state index contributed by atoms with van der Waals surface area (Å²) in [6.45, 7) is 1.51. The molecule has 8 nitrogen and oxygen atoms in total. The maximum atomic E-state index is 12.0. The Labute approximate surface area is 122 Å². The number of nitrogens with one attached hydrogen (secondary N) is 1. The summed E-state index contributed by atoms with van der Waals surface area (Å²) in [5.41, 5.74) is -0.172. The molecule has 0 spiro atoms. The van der Waals surface area contributed by atoms with Crippen LogP contribution in [0.5, 0.6) is 0 Å². The van der Waals surface area contributed by atoms with Crippen molar-refractivity contribution in [2.24, 2.45) is 0 Å². The number of carboxylic acids is 1. The highest BCUT2D eigenvalue weighted by atomic mass is 79.9. The molecule has 0 fully saturated rings. The summed E-state index contributed by atoms with van der Waals surface area (Å²) >= 11 is 3.03. The third-order valence-electron chi connectivity index (χ3n) is 2.23. The number of anilines is 1. The van der Waals surface area contributed by atoms with Gasteiger partial charge in [-0.3, -0.25) is 0 Å². The van der Waals surface area contributed by atoms with Gasteiger partial charge in [0.1, 0.15) is 0 Å². The van der Waals surface area contributed by atoms with Crippen LogP contribution in [0, 0.1) is 6.92 Å². The molecule has 2 N–H and O–H groups in total. The van der Waals surface area contributed by atoms with E-state index in [0.29, 0.717) is 0 Å². The Morgan fingerprint density at radius 3 is 2.65 bits per heavy atom. The Hall–Kier alpha value is -1.94. The summed E-state index contributed by atoms with van der Waals surface area (Å²) in [6, 6.07) is 3.32. The van der Waals surface area contributed by atoms with Crippen molar-refractivity contribution in [3.63, 3.8) is 0 Å². The summed E-state index contributed by atoms with van der Waals surface area (Å²) < 4.78 is 31.3. The van der Waals surface area contributed by atoms with E-state index >= 15 is 0 Å². The molecule has 1 aromatic carbocycles. The van der Waals surface area contributed by atoms with Gasteiger partial charge in [-0.25, -0.2) is 17.9 Å². The Kier molecular flexibility index (Phi) is 3.77. The van der Waals surface area contributed by atoms with Gasteiger partial charge in [-0.2, -0.15) is 0 Å². The van der Waals surface area contributed by atoms with Crippen LogP contribution in [-0.4, -0.2) is 29.7 Å². The lowest BCUT2D eigenvalue weighted by Gasteiger charge is -2.06. The molecule has 0 saturated carbocycles. The van der Waals surface area contributed by atoms with Gasteiger partial charge in [0.05, 0.1) is 10.5 Å². The van der Waals surface area contributed by atoms with Crippen molar-refractivity contribution in [2.75, 3.05) is 4.72 Å². The van der Waals surface area contributed by atoms with E-state index in [1.54, 1.807) is 0 Å². The summed E-state index contributed by atoms with van der Waals surface area (Å²) in [4.78, 5) is 10.7. The van der Waals surface area contributed by atoms with Crippen LogP contribution in [-0.2, 0) is 10.0 Å². The van der Waals surface area contributed by atoms with Crippen LogP contribution >= 0.6 is 15.9 Å². The van der Waals surface area contributed by atoms with E-state index < -0.39 is 16.0 Å². The molecule has 1 aromatic heterocycles. The van der Waals surface area contributed by atoms with E-state index in [9.17, 15) is 13.2 Å². The van der Waals surface area contributed by atoms with E-state index in [-0.39, 0.29) is 26.8 Å². The molecule has 0 amide bonds. The highest BCUT2D eigenvalue weighted by Crippen LogP contribution is 2.22. The number of carboxylic acid groups (broad SMARTS) is 1. The van der Waals surface area contributed by atoms with Gasteiger partial charge in [0.15, 0.2) is 0 Å². The van der Waals surface area contributed by atoms with Crippen LogP contribution in [0.3, 0.4) is 0 Å². The fourth-order valence-corrected chi connectivity index (χ4v) is 2.71. The van der Waals surface area contributed by atoms with Gasteiger partial charge in [0.25, 0.3) is 10.0 Å². The van der Waals surface area contributed by atoms with Crippen LogP contribution in [0.2, 0.25) is 0 Å². The second-order valence-electron chi connectivity index (χ2n) is 3.68. The fraction of sp³-hybridized carbons (Fsp3) is 0.100. The molecule has 0 aliphatic rings. The standard InChI is InChI=1S/C10H8BrN3O5S/c1-5-12-13-10(19-5)14-20(17,18)6-2-3-8(11)7(4-6)9(15)16/h2-4H,1H3,(H,13,14)(H,15,16). The first-order valence-corrected chi connectivity index (χ1v) is 7.43. The minimum absolute atomic E-state index is 0.172. The van der Waals surface area contributed by atoms with Crippen molar-refractivity contribution in [3.05, 3.63) is 34.1 Å². The number of carbonyl (C=O) groups is 1. The van der Waals surface area contributed by atoms with Gasteiger partial charge >= 0.3 is 12.0 Å². The van der Waals surface area contributed by atoms with E-state index in [1.807, 2.05) is 0 Å². The van der Waals surface area contributed by atoms with Gasteiger partial charge in [-0.1, -0.05) is 5.10 Å². The van der Waals surface area contributed by atoms with Crippen LogP contribution in [0.25, 0.3) is 0 Å². The predicted molar refractivity (Wildman–Crippen MR) is 70.9 cm³/mol. The Morgan fingerprint density at radius 2 is 2.10 bits per heavy atom. The first-order chi connectivity index (χ1) is 9.29. The van der Waals surface area contributed by atoms with Crippen LogP contribution < -0.4 is 4.72 Å². The fourth-order valence-electron chi connectivity index (χ4n) is 1.35. The molecule has 0 atom stereocenters. The number of nitrogens with zero attached hydrogens (tertiary/aromatic N) is 2. The summed E-state index contributed by atoms with van der Waals surface area (Å²) in [6.07, 6.45) is 0. The molecule has 0 saturated heterocycles. The van der Waals surface area contributed by atoms with Crippen molar-refractivity contribution in [2.45, 2.75) is 11.8 Å². The van der Waals surface area contributed by atoms with Crippen LogP contribution in [0.4, 0.5) is 6.01 Å². The molecule has 0 bridgehead atoms. The average Bonchev–Trinajstić information content (AvgIpc) is 2.73. The second-order valence-corrected chi connectivity index (χ2v) is 6.22. The molecule has 0 unspecified atom stereocenters. The van der Waals surface area contributed by atoms with Gasteiger partial charge in [0, 0.05) is 11.4 Å². The average molecular weight is 362 g/mol. The number of aromatic carboxylic acids is 1. The molecule has 0 aliphatic carbocycles. The predicted octanol–water partition coefficient (Wildman–Crippen LogP) is 1.64. The third-order valence-corrected chi connectivity index (χ3v) is 4.24. The third kappa shape index (κ3) is 2.96. The molecule has 2 aromatic rings. The molecule has 0 radical (unpaired) electrons. The smallest absolute Gasteiger partial charge is 0.336 e. The minimum atomic E-state index is -4.00. The van der Waals surface area contributed by atoms with Crippen molar-refractivity contribution in [3.8, 4) is 0 Å². The molecular weight excluding hydrogens is 354 g/mol. The Bertz CT molecular complexity index is 771. The Morgan fingerprint density at radius 1 is 1.40 bits per heavy atom. The monoisotopic (exact) mass is 361 g/mol. The first-order valence-electron chi connectivity index (χ1n) is 5.15. The first kappa shape index (κ1) is 14.5. The summed E-state index contributed by atoms with van der Waals surface area (Å²) in [5.74, 6) is -1.05. The summed E-state index contributed by atoms with van der Waals surface area (Å²) in [5, 5.41) is 15.9. The maximum Gasteiger partial charge on any atom is 0.336 e. The van der Waals surface area contributed by atoms with Crippen molar-refractivity contribution in [1.82, 2.24) is 10.2 Å². The molecule has 106 valence electrons. The number of rotatable bonds is 4. The zero-order valence-corrected chi connectivity index (χ0v) is 12.4. The largest absolute Gasteiger partial charge is 0.478 e. The second kappa shape index (κ2) is 5.21. The number of hydrogen-bond donors (Lipinski definition) is 2. The quantitative estimate of drug-likeness (QED) is 0.848. The Balaban J connectivity index is 2.39. The molecule has 0 aliphatic heterocycles. The van der Waals surface area contributed by atoms with E-state index in [1.165, 1.54) is 19.1 Å². The van der Waals surface area contributed by atoms with E-state index in [0.717, 1.165) is 6.07 Å². The number of aryl methyl sites for hydroxylation is 1. The van der Waals surface area contributed by atoms with Crippen molar-refractivity contribution >= 4 is 37.9 Å². The van der Waals surface area contributed by atoms with Crippen LogP contribution in [0.1, 0.15) is 16.2 Å². The lowest BCUT2D eigenvalue weighted by Crippen LogP contribution is -2.14. The normalized spacial score (nSPS) is 11.3. The summed E-state index contributed by atoms with van der Waals surface area (Å²) in [7, 11) is -4.00. The van der Waals surface area contributed by atoms with E-state index in [4.69, 9.17) is 9.52 Å². The number of aromatic nitrogens is 2. The van der Waals surface area contributed by atoms with Gasteiger partial charge in [-0.15, -0.1) is 5.10 Å². The minimum Gasteiger partial charge on any atom is -0.478 e. The molecule has 1 heterocycles. The van der Waals surface area contributed by atoms with Crippen molar-refractivity contribution in [1.29, 1.82) is 0 Å². The molecule has 2 rings (SSSR count). The molecular formula is C10H8BrN3O5S. The maximum absolute atomic E-state index is 12.0. The van der Waals surface area contributed by atoms with E-state index in [2.05, 4.69) is 30.8 Å². The number of benzene rings is 1. The lowest BCUT2D eigenvalue weighted by molar-refractivity contribution is 0.0695. The SMILES string of the molecule is Cc1nnc(NS(=O)(=O)c2ccc(Br)c(C(=O)O)c2)o1. The number of halogens is 1. The molecule has 20 heavy (non-hydrogen) atoms. The lowest BCUT2D eigenvalue weighted by atomic mass is 10.2. The van der Waals surface area contributed by atoms with Crippen LogP contribution in [0.15, 0.2) is 32.0 Å². The highest BCUT2D eigenvalue weighted by molar-refractivity contribution is 9.10. The van der Waals surface area contributed by atoms with Gasteiger partial charge < -0.3 is 9.52 Å². The number of sulfonamides is 1. The van der Waals surface area contributed by atoms with Gasteiger partial charge in [0.2, 0.25) is 5.89 Å². The zero-order chi connectivity index (χ0) is 14.9. The van der Waals surface area contributed by atoms with Gasteiger partial charge in [-0.05, 0) is 34.1 Å². The topological polar surface area (TPSA) is 122 Å².